The van der Waals surface area contributed by atoms with Gasteiger partial charge in [0.25, 0.3) is 5.91 Å². The topological polar surface area (TPSA) is 102 Å². The van der Waals surface area contributed by atoms with Crippen molar-refractivity contribution in [3.8, 4) is 0 Å². The van der Waals surface area contributed by atoms with Gasteiger partial charge in [-0.3, -0.25) is 19.2 Å². The number of esters is 1. The molecule has 29 heavy (non-hydrogen) atoms. The summed E-state index contributed by atoms with van der Waals surface area (Å²) in [6.45, 7) is 0.900. The minimum absolute atomic E-state index is 0.123. The van der Waals surface area contributed by atoms with Crippen molar-refractivity contribution in [2.24, 2.45) is 0 Å². The first kappa shape index (κ1) is 22.4. The third kappa shape index (κ3) is 7.21. The largest absolute Gasteiger partial charge is 0.456 e. The number of hydrogen-bond acceptors (Lipinski definition) is 5. The van der Waals surface area contributed by atoms with Gasteiger partial charge in [0.05, 0.1) is 22.2 Å². The molecule has 0 aliphatic carbocycles. The zero-order valence-electron chi connectivity index (χ0n) is 15.5. The van der Waals surface area contributed by atoms with Crippen LogP contribution in [-0.2, 0) is 19.1 Å². The maximum atomic E-state index is 11.9. The van der Waals surface area contributed by atoms with Crippen LogP contribution in [0.25, 0.3) is 0 Å². The zero-order valence-corrected chi connectivity index (χ0v) is 17.0. The zero-order chi connectivity index (χ0) is 21.4. The smallest absolute Gasteiger partial charge is 0.306 e. The number of amides is 2. The molecule has 0 bridgehead atoms. The standard InChI is InChI=1S/C20H18Cl2N2O5/c1-12(25)13-4-2-5-14(10-13)23-17(26)8-9-19(28)29-11-18(27)24-16-7-3-6-15(21)20(16)22/h2-7,10H,8-9,11H2,1H3,(H,23,26)(H,24,27). The summed E-state index contributed by atoms with van der Waals surface area (Å²) < 4.78 is 4.85. The van der Waals surface area contributed by atoms with Crippen LogP contribution in [0.1, 0.15) is 30.1 Å². The van der Waals surface area contributed by atoms with E-state index in [-0.39, 0.29) is 28.7 Å². The van der Waals surface area contributed by atoms with Gasteiger partial charge in [-0.15, -0.1) is 0 Å². The minimum atomic E-state index is -0.704. The number of nitrogens with one attached hydrogen (secondary N) is 2. The van der Waals surface area contributed by atoms with Crippen molar-refractivity contribution >= 4 is 58.1 Å². The van der Waals surface area contributed by atoms with E-state index in [1.165, 1.54) is 6.92 Å². The molecule has 152 valence electrons. The van der Waals surface area contributed by atoms with Crippen molar-refractivity contribution in [2.75, 3.05) is 17.2 Å². The Morgan fingerprint density at radius 3 is 2.38 bits per heavy atom. The fourth-order valence-electron chi connectivity index (χ4n) is 2.26. The van der Waals surface area contributed by atoms with Gasteiger partial charge in [-0.25, -0.2) is 0 Å². The summed E-state index contributed by atoms with van der Waals surface area (Å²) in [6.07, 6.45) is -0.339. The molecule has 0 radical (unpaired) electrons. The molecular formula is C20H18Cl2N2O5. The molecule has 2 aromatic rings. The Bertz CT molecular complexity index is 946. The lowest BCUT2D eigenvalue weighted by molar-refractivity contribution is -0.147. The fourth-order valence-corrected chi connectivity index (χ4v) is 2.61. The summed E-state index contributed by atoms with van der Waals surface area (Å²) in [5.41, 5.74) is 1.22. The lowest BCUT2D eigenvalue weighted by Gasteiger charge is -2.09. The summed E-state index contributed by atoms with van der Waals surface area (Å²) in [5, 5.41) is 5.53. The second-order valence-electron chi connectivity index (χ2n) is 6.00. The van der Waals surface area contributed by atoms with Crippen LogP contribution < -0.4 is 10.6 Å². The molecule has 2 N–H and O–H groups in total. The van der Waals surface area contributed by atoms with E-state index in [9.17, 15) is 19.2 Å². The Kier molecular flexibility index (Phi) is 8.18. The Morgan fingerprint density at radius 1 is 0.931 bits per heavy atom. The summed E-state index contributed by atoms with van der Waals surface area (Å²) in [5.74, 6) is -1.84. The van der Waals surface area contributed by atoms with Crippen LogP contribution in [-0.4, -0.2) is 30.2 Å². The molecule has 0 heterocycles. The average molecular weight is 437 g/mol. The molecule has 7 nitrogen and oxygen atoms in total. The molecule has 0 aromatic heterocycles. The van der Waals surface area contributed by atoms with E-state index in [0.29, 0.717) is 16.9 Å². The maximum absolute atomic E-state index is 11.9. The summed E-state index contributed by atoms with van der Waals surface area (Å²) in [6, 6.07) is 11.2. The van der Waals surface area contributed by atoms with E-state index in [4.69, 9.17) is 27.9 Å². The van der Waals surface area contributed by atoms with Crippen LogP contribution in [0.15, 0.2) is 42.5 Å². The molecule has 0 saturated heterocycles. The number of carbonyl (C=O) groups is 4. The quantitative estimate of drug-likeness (QED) is 0.479. The van der Waals surface area contributed by atoms with Crippen molar-refractivity contribution in [2.45, 2.75) is 19.8 Å². The first-order valence-corrected chi connectivity index (χ1v) is 9.32. The van der Waals surface area contributed by atoms with Gasteiger partial charge in [-0.2, -0.15) is 0 Å². The van der Waals surface area contributed by atoms with E-state index in [0.717, 1.165) is 0 Å². The highest BCUT2D eigenvalue weighted by atomic mass is 35.5. The highest BCUT2D eigenvalue weighted by molar-refractivity contribution is 6.44. The number of carbonyl (C=O) groups excluding carboxylic acids is 4. The third-order valence-electron chi connectivity index (χ3n) is 3.70. The number of hydrogen-bond donors (Lipinski definition) is 2. The Balaban J connectivity index is 1.74. The van der Waals surface area contributed by atoms with Crippen molar-refractivity contribution in [3.63, 3.8) is 0 Å². The van der Waals surface area contributed by atoms with Crippen molar-refractivity contribution in [3.05, 3.63) is 58.1 Å². The van der Waals surface area contributed by atoms with Gasteiger partial charge in [-0.1, -0.05) is 41.4 Å². The Morgan fingerprint density at radius 2 is 1.66 bits per heavy atom. The van der Waals surface area contributed by atoms with Crippen LogP contribution >= 0.6 is 23.2 Å². The monoisotopic (exact) mass is 436 g/mol. The normalized spacial score (nSPS) is 10.2. The van der Waals surface area contributed by atoms with Crippen LogP contribution in [0.3, 0.4) is 0 Å². The summed E-state index contributed by atoms with van der Waals surface area (Å²) in [7, 11) is 0. The fraction of sp³-hybridized carbons (Fsp3) is 0.200. The maximum Gasteiger partial charge on any atom is 0.306 e. The first-order chi connectivity index (χ1) is 13.8. The molecule has 0 fully saturated rings. The van der Waals surface area contributed by atoms with Gasteiger partial charge in [0, 0.05) is 17.7 Å². The molecule has 0 aliphatic rings. The van der Waals surface area contributed by atoms with E-state index < -0.39 is 24.4 Å². The molecule has 9 heteroatoms. The van der Waals surface area contributed by atoms with Crippen molar-refractivity contribution in [1.82, 2.24) is 0 Å². The van der Waals surface area contributed by atoms with Crippen molar-refractivity contribution < 1.29 is 23.9 Å². The molecule has 0 atom stereocenters. The summed E-state index contributed by atoms with van der Waals surface area (Å²) >= 11 is 11.8. The highest BCUT2D eigenvalue weighted by Gasteiger charge is 2.13. The van der Waals surface area contributed by atoms with E-state index >= 15 is 0 Å². The van der Waals surface area contributed by atoms with Gasteiger partial charge in [0.2, 0.25) is 5.91 Å². The lowest BCUT2D eigenvalue weighted by Crippen LogP contribution is -2.22. The van der Waals surface area contributed by atoms with Gasteiger partial charge in [-0.05, 0) is 31.2 Å². The molecule has 0 spiro atoms. The van der Waals surface area contributed by atoms with Crippen LogP contribution in [0, 0.1) is 0 Å². The molecule has 2 aromatic carbocycles. The number of anilines is 2. The van der Waals surface area contributed by atoms with Crippen LogP contribution in [0.2, 0.25) is 10.0 Å². The minimum Gasteiger partial charge on any atom is -0.456 e. The highest BCUT2D eigenvalue weighted by Crippen LogP contribution is 2.29. The van der Waals surface area contributed by atoms with E-state index in [1.807, 2.05) is 0 Å². The second-order valence-corrected chi connectivity index (χ2v) is 6.78. The first-order valence-electron chi connectivity index (χ1n) is 8.56. The molecule has 0 saturated carbocycles. The third-order valence-corrected chi connectivity index (χ3v) is 4.52. The average Bonchev–Trinajstić information content (AvgIpc) is 2.68. The van der Waals surface area contributed by atoms with Gasteiger partial charge in [0.1, 0.15) is 0 Å². The number of Topliss-reactive ketones (excluding diaryl/α,β-unsaturated/α-hetero) is 1. The number of halogens is 2. The molecular weight excluding hydrogens is 419 g/mol. The second kappa shape index (κ2) is 10.6. The SMILES string of the molecule is CC(=O)c1cccc(NC(=O)CCC(=O)OCC(=O)Nc2cccc(Cl)c2Cl)c1. The van der Waals surface area contributed by atoms with Crippen molar-refractivity contribution in [1.29, 1.82) is 0 Å². The number of ether oxygens (including phenoxy) is 1. The number of benzene rings is 2. The Hall–Kier alpha value is -2.90. The molecule has 0 unspecified atom stereocenters. The van der Waals surface area contributed by atoms with E-state index in [1.54, 1.807) is 42.5 Å². The van der Waals surface area contributed by atoms with Gasteiger partial charge >= 0.3 is 5.97 Å². The van der Waals surface area contributed by atoms with Gasteiger partial charge < -0.3 is 15.4 Å². The van der Waals surface area contributed by atoms with Gasteiger partial charge in [0.15, 0.2) is 12.4 Å². The lowest BCUT2D eigenvalue weighted by atomic mass is 10.1. The molecule has 2 rings (SSSR count). The predicted molar refractivity (Wildman–Crippen MR) is 110 cm³/mol. The van der Waals surface area contributed by atoms with Crippen LogP contribution in [0.5, 0.6) is 0 Å². The molecule has 2 amide bonds. The Labute approximate surface area is 177 Å². The van der Waals surface area contributed by atoms with Crippen LogP contribution in [0.4, 0.5) is 11.4 Å². The number of rotatable bonds is 8. The van der Waals surface area contributed by atoms with E-state index in [2.05, 4.69) is 10.6 Å². The summed E-state index contributed by atoms with van der Waals surface area (Å²) in [4.78, 5) is 46.9. The number of ketones is 1. The molecule has 0 aliphatic heterocycles. The predicted octanol–water partition coefficient (Wildman–Crippen LogP) is 4.10.